The monoisotopic (exact) mass is 424 g/mol. The van der Waals surface area contributed by atoms with Crippen LogP contribution in [0, 0.1) is 5.92 Å². The summed E-state index contributed by atoms with van der Waals surface area (Å²) < 4.78 is 16.4. The summed E-state index contributed by atoms with van der Waals surface area (Å²) in [6, 6.07) is 13.7. The molecule has 1 aliphatic heterocycles. The maximum Gasteiger partial charge on any atom is 0.246 e. The lowest BCUT2D eigenvalue weighted by molar-refractivity contribution is -0.126. The summed E-state index contributed by atoms with van der Waals surface area (Å²) in [4.78, 5) is 16.8. The molecule has 0 spiro atoms. The number of carbonyl (C=O) groups excluding carboxylic acids is 1. The van der Waals surface area contributed by atoms with Crippen molar-refractivity contribution in [2.24, 2.45) is 5.92 Å². The number of anilines is 1. The Morgan fingerprint density at radius 1 is 0.968 bits per heavy atom. The first kappa shape index (κ1) is 22.5. The van der Waals surface area contributed by atoms with Gasteiger partial charge in [-0.2, -0.15) is 0 Å². The summed E-state index contributed by atoms with van der Waals surface area (Å²) in [5, 5.41) is 0. The molecule has 0 unspecified atom stereocenters. The van der Waals surface area contributed by atoms with Gasteiger partial charge in [-0.15, -0.1) is 0 Å². The minimum absolute atomic E-state index is 0.0217. The van der Waals surface area contributed by atoms with Crippen LogP contribution in [0.5, 0.6) is 17.2 Å². The van der Waals surface area contributed by atoms with Gasteiger partial charge in [0, 0.05) is 37.9 Å². The van der Waals surface area contributed by atoms with E-state index in [1.165, 1.54) is 0 Å². The Morgan fingerprint density at radius 2 is 1.68 bits per heavy atom. The highest BCUT2D eigenvalue weighted by Crippen LogP contribution is 2.29. The normalized spacial score (nSPS) is 14.2. The molecule has 166 valence electrons. The number of hydrogen-bond acceptors (Lipinski definition) is 5. The third kappa shape index (κ3) is 6.17. The zero-order valence-corrected chi connectivity index (χ0v) is 18.8. The standard InChI is InChI=1S/C25H32N2O4/c1-19(2)18-31-23-11-5-20(17-24(23)30-4)6-12-25(28)27-15-13-26(14-16-27)21-7-9-22(29-3)10-8-21/h5-12,17,19H,13-16,18H2,1-4H3/b12-6+. The van der Waals surface area contributed by atoms with E-state index in [1.54, 1.807) is 20.3 Å². The lowest BCUT2D eigenvalue weighted by Crippen LogP contribution is -2.48. The number of nitrogens with zero attached hydrogens (tertiary/aromatic N) is 2. The Hall–Kier alpha value is -3.15. The first-order valence-electron chi connectivity index (χ1n) is 10.7. The third-order valence-electron chi connectivity index (χ3n) is 5.21. The van der Waals surface area contributed by atoms with Gasteiger partial charge < -0.3 is 24.0 Å². The molecule has 6 nitrogen and oxygen atoms in total. The zero-order valence-electron chi connectivity index (χ0n) is 18.8. The number of hydrogen-bond donors (Lipinski definition) is 0. The molecule has 1 aliphatic rings. The molecular formula is C25H32N2O4. The van der Waals surface area contributed by atoms with E-state index in [0.29, 0.717) is 37.1 Å². The lowest BCUT2D eigenvalue weighted by Gasteiger charge is -2.35. The minimum Gasteiger partial charge on any atom is -0.497 e. The second-order valence-corrected chi connectivity index (χ2v) is 7.96. The highest BCUT2D eigenvalue weighted by molar-refractivity contribution is 5.92. The number of piperazine rings is 1. The van der Waals surface area contributed by atoms with Crippen molar-refractivity contribution in [3.05, 3.63) is 54.1 Å². The molecule has 1 amide bonds. The Balaban J connectivity index is 1.55. The summed E-state index contributed by atoms with van der Waals surface area (Å²) in [5.41, 5.74) is 2.05. The molecule has 0 saturated carbocycles. The van der Waals surface area contributed by atoms with Crippen LogP contribution in [0.15, 0.2) is 48.5 Å². The topological polar surface area (TPSA) is 51.2 Å². The minimum atomic E-state index is 0.0217. The average Bonchev–Trinajstić information content (AvgIpc) is 2.81. The van der Waals surface area contributed by atoms with E-state index in [-0.39, 0.29) is 5.91 Å². The van der Waals surface area contributed by atoms with Crippen LogP contribution in [0.2, 0.25) is 0 Å². The van der Waals surface area contributed by atoms with Crippen molar-refractivity contribution < 1.29 is 19.0 Å². The van der Waals surface area contributed by atoms with Gasteiger partial charge in [-0.25, -0.2) is 0 Å². The summed E-state index contributed by atoms with van der Waals surface area (Å²) in [7, 11) is 3.29. The van der Waals surface area contributed by atoms with Crippen molar-refractivity contribution in [3.8, 4) is 17.2 Å². The molecule has 3 rings (SSSR count). The first-order valence-corrected chi connectivity index (χ1v) is 10.7. The molecule has 31 heavy (non-hydrogen) atoms. The Morgan fingerprint density at radius 3 is 2.29 bits per heavy atom. The largest absolute Gasteiger partial charge is 0.497 e. The number of benzene rings is 2. The van der Waals surface area contributed by atoms with Gasteiger partial charge in [-0.05, 0) is 54.0 Å². The van der Waals surface area contributed by atoms with Gasteiger partial charge in [-0.3, -0.25) is 4.79 Å². The maximum atomic E-state index is 12.6. The molecule has 2 aromatic carbocycles. The van der Waals surface area contributed by atoms with Gasteiger partial charge in [-0.1, -0.05) is 19.9 Å². The van der Waals surface area contributed by atoms with E-state index in [0.717, 1.165) is 30.1 Å². The third-order valence-corrected chi connectivity index (χ3v) is 5.21. The van der Waals surface area contributed by atoms with Crippen LogP contribution >= 0.6 is 0 Å². The predicted octanol–water partition coefficient (Wildman–Crippen LogP) is 4.10. The van der Waals surface area contributed by atoms with Crippen LogP contribution in [-0.4, -0.2) is 57.8 Å². The van der Waals surface area contributed by atoms with Gasteiger partial charge >= 0.3 is 0 Å². The molecule has 0 radical (unpaired) electrons. The smallest absolute Gasteiger partial charge is 0.246 e. The van der Waals surface area contributed by atoms with E-state index in [2.05, 4.69) is 30.9 Å². The molecule has 0 bridgehead atoms. The molecule has 6 heteroatoms. The van der Waals surface area contributed by atoms with Gasteiger partial charge in [0.05, 0.1) is 20.8 Å². The van der Waals surface area contributed by atoms with E-state index in [9.17, 15) is 4.79 Å². The first-order chi connectivity index (χ1) is 15.0. The van der Waals surface area contributed by atoms with Gasteiger partial charge in [0.25, 0.3) is 0 Å². The highest BCUT2D eigenvalue weighted by Gasteiger charge is 2.20. The Kier molecular flexibility index (Phi) is 7.82. The fourth-order valence-electron chi connectivity index (χ4n) is 3.41. The number of methoxy groups -OCH3 is 2. The van der Waals surface area contributed by atoms with Crippen molar-refractivity contribution in [3.63, 3.8) is 0 Å². The summed E-state index contributed by atoms with van der Waals surface area (Å²) in [6.45, 7) is 7.84. The van der Waals surface area contributed by atoms with Crippen LogP contribution in [0.25, 0.3) is 6.08 Å². The Labute approximate surface area is 185 Å². The quantitative estimate of drug-likeness (QED) is 0.597. The SMILES string of the molecule is COc1ccc(N2CCN(C(=O)/C=C/c3ccc(OCC(C)C)c(OC)c3)CC2)cc1. The fourth-order valence-corrected chi connectivity index (χ4v) is 3.41. The fraction of sp³-hybridized carbons (Fsp3) is 0.400. The van der Waals surface area contributed by atoms with Crippen molar-refractivity contribution in [1.29, 1.82) is 0 Å². The molecule has 1 saturated heterocycles. The van der Waals surface area contributed by atoms with Crippen molar-refractivity contribution in [1.82, 2.24) is 4.90 Å². The van der Waals surface area contributed by atoms with Crippen molar-refractivity contribution >= 4 is 17.7 Å². The average molecular weight is 425 g/mol. The number of amides is 1. The van der Waals surface area contributed by atoms with E-state index in [1.807, 2.05) is 41.3 Å². The zero-order chi connectivity index (χ0) is 22.2. The molecule has 0 atom stereocenters. The lowest BCUT2D eigenvalue weighted by atomic mass is 10.1. The van der Waals surface area contributed by atoms with Gasteiger partial charge in [0.2, 0.25) is 5.91 Å². The second-order valence-electron chi connectivity index (χ2n) is 7.96. The molecule has 1 fully saturated rings. The van der Waals surface area contributed by atoms with Crippen LogP contribution in [0.4, 0.5) is 5.69 Å². The van der Waals surface area contributed by atoms with Crippen LogP contribution in [-0.2, 0) is 4.79 Å². The molecular weight excluding hydrogens is 392 g/mol. The predicted molar refractivity (Wildman–Crippen MR) is 124 cm³/mol. The van der Waals surface area contributed by atoms with Crippen molar-refractivity contribution in [2.75, 3.05) is 51.9 Å². The molecule has 1 heterocycles. The van der Waals surface area contributed by atoms with Crippen molar-refractivity contribution in [2.45, 2.75) is 13.8 Å². The van der Waals surface area contributed by atoms with Gasteiger partial charge in [0.15, 0.2) is 11.5 Å². The van der Waals surface area contributed by atoms with Gasteiger partial charge in [0.1, 0.15) is 5.75 Å². The maximum absolute atomic E-state index is 12.6. The van der Waals surface area contributed by atoms with Crippen LogP contribution < -0.4 is 19.1 Å². The second kappa shape index (κ2) is 10.8. The van der Waals surface area contributed by atoms with Crippen LogP contribution in [0.3, 0.4) is 0 Å². The molecule has 2 aromatic rings. The van der Waals surface area contributed by atoms with Crippen LogP contribution in [0.1, 0.15) is 19.4 Å². The number of carbonyl (C=O) groups is 1. The van der Waals surface area contributed by atoms with E-state index >= 15 is 0 Å². The van der Waals surface area contributed by atoms with E-state index in [4.69, 9.17) is 14.2 Å². The number of rotatable bonds is 8. The molecule has 0 aliphatic carbocycles. The summed E-state index contributed by atoms with van der Waals surface area (Å²) >= 11 is 0. The number of ether oxygens (including phenoxy) is 3. The molecule has 0 aromatic heterocycles. The van der Waals surface area contributed by atoms with E-state index < -0.39 is 0 Å². The summed E-state index contributed by atoms with van der Waals surface area (Å²) in [6.07, 6.45) is 3.46. The Bertz CT molecular complexity index is 885. The highest BCUT2D eigenvalue weighted by atomic mass is 16.5. The summed E-state index contributed by atoms with van der Waals surface area (Å²) in [5.74, 6) is 2.69. The molecule has 0 N–H and O–H groups in total.